The minimum absolute atomic E-state index is 0.511. The number of benzene rings is 1. The van der Waals surface area contributed by atoms with Crippen molar-refractivity contribution in [1.82, 2.24) is 19.6 Å². The van der Waals surface area contributed by atoms with E-state index in [-0.39, 0.29) is 0 Å². The van der Waals surface area contributed by atoms with Gasteiger partial charge in [-0.05, 0) is 19.1 Å². The van der Waals surface area contributed by atoms with Crippen molar-refractivity contribution in [3.63, 3.8) is 0 Å². The number of aromatic nitrogens is 4. The molecular formula is C14H13BrN4O. The van der Waals surface area contributed by atoms with Crippen molar-refractivity contribution in [3.8, 4) is 11.6 Å². The smallest absolute Gasteiger partial charge is 0.259 e. The van der Waals surface area contributed by atoms with Crippen LogP contribution in [0.15, 0.2) is 41.6 Å². The first-order valence-electron chi connectivity index (χ1n) is 6.04. The zero-order chi connectivity index (χ0) is 14.3. The Hall–Kier alpha value is -2.08. The Kier molecular flexibility index (Phi) is 3.10. The first kappa shape index (κ1) is 12.9. The Bertz CT molecular complexity index is 803. The number of ether oxygens (including phenoxy) is 1. The fraction of sp³-hybridized carbons (Fsp3) is 0.143. The molecule has 2 heterocycles. The predicted octanol–water partition coefficient (Wildman–Crippen LogP) is 3.48. The van der Waals surface area contributed by atoms with E-state index in [2.05, 4.69) is 32.7 Å². The molecule has 0 amide bonds. The van der Waals surface area contributed by atoms with Crippen molar-refractivity contribution in [3.05, 3.63) is 41.6 Å². The molecule has 2 aromatic heterocycles. The normalized spacial score (nSPS) is 10.9. The molecule has 0 bridgehead atoms. The third-order valence-corrected chi connectivity index (χ3v) is 3.68. The van der Waals surface area contributed by atoms with Crippen LogP contribution in [0.1, 0.15) is 6.92 Å². The van der Waals surface area contributed by atoms with Crippen LogP contribution in [0.2, 0.25) is 0 Å². The Balaban J connectivity index is 2.19. The van der Waals surface area contributed by atoms with Crippen LogP contribution < -0.4 is 4.74 Å². The standard InChI is InChI=1S/C14H13BrN4O/c1-9(2)18-8-13(14(17-18)20-3)19-7-10-11(15)5-4-6-12(10)16-19/h4-8H,1H2,2-3H3. The summed E-state index contributed by atoms with van der Waals surface area (Å²) < 4.78 is 9.76. The highest BCUT2D eigenvalue weighted by Gasteiger charge is 2.14. The summed E-state index contributed by atoms with van der Waals surface area (Å²) in [5, 5.41) is 9.91. The van der Waals surface area contributed by atoms with Crippen molar-refractivity contribution in [1.29, 1.82) is 0 Å². The number of fused-ring (bicyclic) bond motifs is 1. The van der Waals surface area contributed by atoms with Crippen LogP contribution in [0.25, 0.3) is 22.3 Å². The minimum Gasteiger partial charge on any atom is -0.478 e. The highest BCUT2D eigenvalue weighted by atomic mass is 79.9. The van der Waals surface area contributed by atoms with Crippen LogP contribution in [0, 0.1) is 0 Å². The Morgan fingerprint density at radius 3 is 2.75 bits per heavy atom. The summed E-state index contributed by atoms with van der Waals surface area (Å²) in [7, 11) is 1.59. The van der Waals surface area contributed by atoms with Crippen molar-refractivity contribution < 1.29 is 4.74 Å². The van der Waals surface area contributed by atoms with Gasteiger partial charge in [0.05, 0.1) is 18.8 Å². The first-order valence-corrected chi connectivity index (χ1v) is 6.83. The van der Waals surface area contributed by atoms with Crippen LogP contribution in [-0.4, -0.2) is 26.7 Å². The summed E-state index contributed by atoms with van der Waals surface area (Å²) >= 11 is 3.53. The summed E-state index contributed by atoms with van der Waals surface area (Å²) in [4.78, 5) is 0. The molecule has 0 saturated heterocycles. The second-order valence-corrected chi connectivity index (χ2v) is 5.30. The number of allylic oxidation sites excluding steroid dienone is 1. The van der Waals surface area contributed by atoms with Gasteiger partial charge in [0, 0.05) is 21.8 Å². The lowest BCUT2D eigenvalue weighted by molar-refractivity contribution is 0.392. The first-order chi connectivity index (χ1) is 9.60. The van der Waals surface area contributed by atoms with Gasteiger partial charge in [0.1, 0.15) is 5.69 Å². The van der Waals surface area contributed by atoms with Gasteiger partial charge in [0.2, 0.25) is 0 Å². The van der Waals surface area contributed by atoms with Gasteiger partial charge in [0.25, 0.3) is 5.88 Å². The van der Waals surface area contributed by atoms with Gasteiger partial charge in [0.15, 0.2) is 0 Å². The molecule has 0 saturated carbocycles. The molecule has 0 unspecified atom stereocenters. The zero-order valence-electron chi connectivity index (χ0n) is 11.2. The molecule has 0 radical (unpaired) electrons. The van der Waals surface area contributed by atoms with Crippen LogP contribution in [0.3, 0.4) is 0 Å². The SMILES string of the molecule is C=C(C)n1cc(-n2cc3c(Br)cccc3n2)c(OC)n1. The highest BCUT2D eigenvalue weighted by Crippen LogP contribution is 2.27. The van der Waals surface area contributed by atoms with Crippen LogP contribution in [0.4, 0.5) is 0 Å². The van der Waals surface area contributed by atoms with E-state index in [9.17, 15) is 0 Å². The fourth-order valence-corrected chi connectivity index (χ4v) is 2.44. The third-order valence-electron chi connectivity index (χ3n) is 2.99. The van der Waals surface area contributed by atoms with Crippen LogP contribution in [0.5, 0.6) is 5.88 Å². The number of methoxy groups -OCH3 is 1. The van der Waals surface area contributed by atoms with Crippen LogP contribution >= 0.6 is 15.9 Å². The molecule has 3 aromatic rings. The maximum Gasteiger partial charge on any atom is 0.259 e. The molecule has 0 aliphatic rings. The van der Waals surface area contributed by atoms with E-state index in [1.807, 2.05) is 37.5 Å². The van der Waals surface area contributed by atoms with Crippen molar-refractivity contribution >= 4 is 32.5 Å². The lowest BCUT2D eigenvalue weighted by Crippen LogP contribution is -1.95. The van der Waals surface area contributed by atoms with Crippen molar-refractivity contribution in [2.24, 2.45) is 0 Å². The molecule has 0 aliphatic heterocycles. The molecule has 6 heteroatoms. The number of rotatable bonds is 3. The van der Waals surface area contributed by atoms with Crippen molar-refractivity contribution in [2.75, 3.05) is 7.11 Å². The van der Waals surface area contributed by atoms with E-state index < -0.39 is 0 Å². The molecule has 102 valence electrons. The second kappa shape index (κ2) is 4.79. The Morgan fingerprint density at radius 2 is 2.10 bits per heavy atom. The predicted molar refractivity (Wildman–Crippen MR) is 82.1 cm³/mol. The average molecular weight is 333 g/mol. The van der Waals surface area contributed by atoms with E-state index in [1.165, 1.54) is 0 Å². The molecule has 0 fully saturated rings. The van der Waals surface area contributed by atoms with E-state index in [0.29, 0.717) is 5.88 Å². The number of halogens is 1. The summed E-state index contributed by atoms with van der Waals surface area (Å²) in [6, 6.07) is 5.91. The summed E-state index contributed by atoms with van der Waals surface area (Å²) in [6.45, 7) is 5.75. The van der Waals surface area contributed by atoms with Gasteiger partial charge < -0.3 is 4.74 Å². The molecule has 0 atom stereocenters. The van der Waals surface area contributed by atoms with Gasteiger partial charge >= 0.3 is 0 Å². The van der Waals surface area contributed by atoms with Gasteiger partial charge in [-0.15, -0.1) is 5.10 Å². The monoisotopic (exact) mass is 332 g/mol. The molecule has 20 heavy (non-hydrogen) atoms. The van der Waals surface area contributed by atoms with Gasteiger partial charge in [-0.2, -0.15) is 5.10 Å². The molecule has 0 aliphatic carbocycles. The summed E-state index contributed by atoms with van der Waals surface area (Å²) in [5.41, 5.74) is 2.50. The van der Waals surface area contributed by atoms with E-state index >= 15 is 0 Å². The van der Waals surface area contributed by atoms with Crippen molar-refractivity contribution in [2.45, 2.75) is 6.92 Å². The number of hydrogen-bond donors (Lipinski definition) is 0. The Morgan fingerprint density at radius 1 is 1.30 bits per heavy atom. The van der Waals surface area contributed by atoms with E-state index in [0.717, 1.165) is 26.8 Å². The second-order valence-electron chi connectivity index (χ2n) is 4.45. The molecule has 3 rings (SSSR count). The van der Waals surface area contributed by atoms with E-state index in [4.69, 9.17) is 4.74 Å². The van der Waals surface area contributed by atoms with Crippen LogP contribution in [-0.2, 0) is 0 Å². The van der Waals surface area contributed by atoms with Gasteiger partial charge in [-0.3, -0.25) is 0 Å². The van der Waals surface area contributed by atoms with E-state index in [1.54, 1.807) is 16.5 Å². The third kappa shape index (κ3) is 2.02. The molecular weight excluding hydrogens is 320 g/mol. The van der Waals surface area contributed by atoms with Gasteiger partial charge in [-0.25, -0.2) is 9.36 Å². The molecule has 0 N–H and O–H groups in total. The number of nitrogens with zero attached hydrogens (tertiary/aromatic N) is 4. The quantitative estimate of drug-likeness (QED) is 0.737. The minimum atomic E-state index is 0.511. The summed E-state index contributed by atoms with van der Waals surface area (Å²) in [5.74, 6) is 0.511. The largest absolute Gasteiger partial charge is 0.478 e. The zero-order valence-corrected chi connectivity index (χ0v) is 12.8. The maximum absolute atomic E-state index is 5.31. The Labute approximate surface area is 124 Å². The maximum atomic E-state index is 5.31. The average Bonchev–Trinajstić information content (AvgIpc) is 3.02. The van der Waals surface area contributed by atoms with Gasteiger partial charge in [-0.1, -0.05) is 28.6 Å². The molecule has 0 spiro atoms. The lowest BCUT2D eigenvalue weighted by Gasteiger charge is -1.98. The number of hydrogen-bond acceptors (Lipinski definition) is 3. The highest BCUT2D eigenvalue weighted by molar-refractivity contribution is 9.10. The molecule has 1 aromatic carbocycles. The molecule has 5 nitrogen and oxygen atoms in total. The topological polar surface area (TPSA) is 44.9 Å². The fourth-order valence-electron chi connectivity index (χ4n) is 1.98. The lowest BCUT2D eigenvalue weighted by atomic mass is 10.3. The summed E-state index contributed by atoms with van der Waals surface area (Å²) in [6.07, 6.45) is 3.79.